The molecule has 1 saturated heterocycles. The van der Waals surface area contributed by atoms with E-state index in [1.165, 1.54) is 4.88 Å². The lowest BCUT2D eigenvalue weighted by Crippen LogP contribution is -2.37. The highest BCUT2D eigenvalue weighted by Gasteiger charge is 2.24. The van der Waals surface area contributed by atoms with Crippen LogP contribution in [0.2, 0.25) is 0 Å². The van der Waals surface area contributed by atoms with Crippen LogP contribution in [0.1, 0.15) is 34.0 Å². The Morgan fingerprint density at radius 2 is 1.90 bits per heavy atom. The Balaban J connectivity index is 1.62. The van der Waals surface area contributed by atoms with Crippen molar-refractivity contribution in [2.45, 2.75) is 18.8 Å². The van der Waals surface area contributed by atoms with Gasteiger partial charge in [0, 0.05) is 23.5 Å². The van der Waals surface area contributed by atoms with Crippen molar-refractivity contribution in [1.82, 2.24) is 4.90 Å². The molecule has 0 radical (unpaired) electrons. The van der Waals surface area contributed by atoms with Crippen molar-refractivity contribution >= 4 is 17.2 Å². The molecule has 1 aliphatic rings. The predicted molar refractivity (Wildman–Crippen MR) is 85.2 cm³/mol. The molecule has 1 aromatic heterocycles. The van der Waals surface area contributed by atoms with Crippen molar-refractivity contribution in [3.05, 3.63) is 52.2 Å². The summed E-state index contributed by atoms with van der Waals surface area (Å²) in [4.78, 5) is 15.9. The van der Waals surface area contributed by atoms with E-state index in [1.54, 1.807) is 7.11 Å². The maximum absolute atomic E-state index is 12.5. The Kier molecular flexibility index (Phi) is 4.25. The fraction of sp³-hybridized carbons (Fsp3) is 0.353. The van der Waals surface area contributed by atoms with E-state index in [4.69, 9.17) is 4.74 Å². The molecule has 1 aromatic carbocycles. The molecule has 0 spiro atoms. The van der Waals surface area contributed by atoms with Crippen LogP contribution in [0.15, 0.2) is 41.8 Å². The minimum atomic E-state index is 0.127. The molecule has 2 heterocycles. The SMILES string of the molecule is COc1ccc(C(=O)N2CCC(c3cccs3)CC2)cc1. The molecule has 0 bridgehead atoms. The highest BCUT2D eigenvalue weighted by atomic mass is 32.1. The van der Waals surface area contributed by atoms with Crippen LogP contribution in [-0.2, 0) is 0 Å². The lowest BCUT2D eigenvalue weighted by molar-refractivity contribution is 0.0713. The van der Waals surface area contributed by atoms with E-state index in [9.17, 15) is 4.79 Å². The van der Waals surface area contributed by atoms with Crippen LogP contribution in [0.4, 0.5) is 0 Å². The zero-order chi connectivity index (χ0) is 14.7. The molecule has 1 amide bonds. The van der Waals surface area contributed by atoms with E-state index in [0.717, 1.165) is 37.2 Å². The third-order valence-electron chi connectivity index (χ3n) is 4.06. The van der Waals surface area contributed by atoms with Crippen LogP contribution in [0.5, 0.6) is 5.75 Å². The number of nitrogens with zero attached hydrogens (tertiary/aromatic N) is 1. The molecule has 3 nitrogen and oxygen atoms in total. The first kappa shape index (κ1) is 14.1. The summed E-state index contributed by atoms with van der Waals surface area (Å²) in [6.45, 7) is 1.68. The number of ether oxygens (including phenoxy) is 1. The summed E-state index contributed by atoms with van der Waals surface area (Å²) in [6.07, 6.45) is 2.12. The third-order valence-corrected chi connectivity index (χ3v) is 5.10. The second kappa shape index (κ2) is 6.31. The van der Waals surface area contributed by atoms with Crippen molar-refractivity contribution in [3.8, 4) is 5.75 Å². The summed E-state index contributed by atoms with van der Waals surface area (Å²) in [5.74, 6) is 1.52. The summed E-state index contributed by atoms with van der Waals surface area (Å²) in [5.41, 5.74) is 0.741. The van der Waals surface area contributed by atoms with Gasteiger partial charge in [-0.2, -0.15) is 0 Å². The van der Waals surface area contributed by atoms with Gasteiger partial charge in [-0.3, -0.25) is 4.79 Å². The first-order valence-corrected chi connectivity index (χ1v) is 8.12. The highest BCUT2D eigenvalue weighted by Crippen LogP contribution is 2.31. The summed E-state index contributed by atoms with van der Waals surface area (Å²) in [7, 11) is 1.63. The number of carbonyl (C=O) groups is 1. The average molecular weight is 301 g/mol. The fourth-order valence-corrected chi connectivity index (χ4v) is 3.71. The lowest BCUT2D eigenvalue weighted by atomic mass is 9.95. The van der Waals surface area contributed by atoms with Gasteiger partial charge in [0.1, 0.15) is 5.75 Å². The Morgan fingerprint density at radius 1 is 1.19 bits per heavy atom. The van der Waals surface area contributed by atoms with Crippen LogP contribution in [-0.4, -0.2) is 31.0 Å². The number of hydrogen-bond donors (Lipinski definition) is 0. The highest BCUT2D eigenvalue weighted by molar-refractivity contribution is 7.10. The fourth-order valence-electron chi connectivity index (χ4n) is 2.81. The van der Waals surface area contributed by atoms with E-state index in [0.29, 0.717) is 5.92 Å². The number of hydrogen-bond acceptors (Lipinski definition) is 3. The van der Waals surface area contributed by atoms with Gasteiger partial charge in [0.2, 0.25) is 0 Å². The number of thiophene rings is 1. The molecule has 1 fully saturated rings. The zero-order valence-corrected chi connectivity index (χ0v) is 12.9. The standard InChI is InChI=1S/C17H19NO2S/c1-20-15-6-4-14(5-7-15)17(19)18-10-8-13(9-11-18)16-3-2-12-21-16/h2-7,12-13H,8-11H2,1H3. The number of benzene rings is 1. The van der Waals surface area contributed by atoms with E-state index >= 15 is 0 Å². The largest absolute Gasteiger partial charge is 0.497 e. The van der Waals surface area contributed by atoms with Crippen LogP contribution in [0.3, 0.4) is 0 Å². The van der Waals surface area contributed by atoms with Crippen LogP contribution in [0.25, 0.3) is 0 Å². The molecule has 0 aliphatic carbocycles. The molecule has 0 atom stereocenters. The van der Waals surface area contributed by atoms with Gasteiger partial charge < -0.3 is 9.64 Å². The number of piperidine rings is 1. The summed E-state index contributed by atoms with van der Waals surface area (Å²) in [6, 6.07) is 11.7. The molecule has 0 N–H and O–H groups in total. The van der Waals surface area contributed by atoms with Crippen molar-refractivity contribution in [2.24, 2.45) is 0 Å². The number of likely N-dealkylation sites (tertiary alicyclic amines) is 1. The summed E-state index contributed by atoms with van der Waals surface area (Å²) in [5, 5.41) is 2.13. The molecule has 0 saturated carbocycles. The first-order chi connectivity index (χ1) is 10.3. The molecule has 3 rings (SSSR count). The molecule has 0 unspecified atom stereocenters. The van der Waals surface area contributed by atoms with Gasteiger partial charge in [-0.05, 0) is 54.5 Å². The smallest absolute Gasteiger partial charge is 0.253 e. The molecular weight excluding hydrogens is 282 g/mol. The van der Waals surface area contributed by atoms with Crippen LogP contribution < -0.4 is 4.74 Å². The Morgan fingerprint density at radius 3 is 2.48 bits per heavy atom. The average Bonchev–Trinajstić information content (AvgIpc) is 3.09. The lowest BCUT2D eigenvalue weighted by Gasteiger charge is -2.31. The maximum atomic E-state index is 12.5. The minimum Gasteiger partial charge on any atom is -0.497 e. The summed E-state index contributed by atoms with van der Waals surface area (Å²) < 4.78 is 5.13. The third kappa shape index (κ3) is 3.10. The normalized spacial score (nSPS) is 16.0. The number of amides is 1. The maximum Gasteiger partial charge on any atom is 0.253 e. The van der Waals surface area contributed by atoms with Gasteiger partial charge >= 0.3 is 0 Å². The van der Waals surface area contributed by atoms with Crippen molar-refractivity contribution in [2.75, 3.05) is 20.2 Å². The van der Waals surface area contributed by atoms with Crippen LogP contribution in [0, 0.1) is 0 Å². The first-order valence-electron chi connectivity index (χ1n) is 7.24. The number of methoxy groups -OCH3 is 1. The molecule has 21 heavy (non-hydrogen) atoms. The second-order valence-electron chi connectivity index (χ2n) is 5.31. The molecule has 110 valence electrons. The van der Waals surface area contributed by atoms with Gasteiger partial charge in [-0.15, -0.1) is 11.3 Å². The van der Waals surface area contributed by atoms with Gasteiger partial charge in [-0.25, -0.2) is 0 Å². The summed E-state index contributed by atoms with van der Waals surface area (Å²) >= 11 is 1.82. The van der Waals surface area contributed by atoms with Crippen LogP contribution >= 0.6 is 11.3 Å². The molecule has 4 heteroatoms. The van der Waals surface area contributed by atoms with E-state index in [2.05, 4.69) is 17.5 Å². The van der Waals surface area contributed by atoms with Crippen molar-refractivity contribution in [1.29, 1.82) is 0 Å². The number of carbonyl (C=O) groups excluding carboxylic acids is 1. The van der Waals surface area contributed by atoms with E-state index in [-0.39, 0.29) is 5.91 Å². The quantitative estimate of drug-likeness (QED) is 0.863. The van der Waals surface area contributed by atoms with E-state index < -0.39 is 0 Å². The topological polar surface area (TPSA) is 29.5 Å². The minimum absolute atomic E-state index is 0.127. The van der Waals surface area contributed by atoms with Gasteiger partial charge in [0.15, 0.2) is 0 Å². The Bertz CT molecular complexity index is 584. The molecule has 2 aromatic rings. The Labute approximate surface area is 129 Å². The molecular formula is C17H19NO2S. The predicted octanol–water partition coefficient (Wildman–Crippen LogP) is 3.78. The zero-order valence-electron chi connectivity index (χ0n) is 12.1. The van der Waals surface area contributed by atoms with Gasteiger partial charge in [-0.1, -0.05) is 6.07 Å². The van der Waals surface area contributed by atoms with E-state index in [1.807, 2.05) is 40.5 Å². The number of rotatable bonds is 3. The molecule has 1 aliphatic heterocycles. The van der Waals surface area contributed by atoms with Crippen molar-refractivity contribution in [3.63, 3.8) is 0 Å². The van der Waals surface area contributed by atoms with Gasteiger partial charge in [0.25, 0.3) is 5.91 Å². The monoisotopic (exact) mass is 301 g/mol. The Hall–Kier alpha value is -1.81. The van der Waals surface area contributed by atoms with Gasteiger partial charge in [0.05, 0.1) is 7.11 Å². The van der Waals surface area contributed by atoms with Crippen molar-refractivity contribution < 1.29 is 9.53 Å². The second-order valence-corrected chi connectivity index (χ2v) is 6.29.